The number of Topliss-reactive ketones (excluding diaryl/α,β-unsaturated/α-hetero) is 2. The lowest BCUT2D eigenvalue weighted by Gasteiger charge is -2.28. The Morgan fingerprint density at radius 3 is 2.32 bits per heavy atom. The smallest absolute Gasteiger partial charge is 0.335 e. The third-order valence-electron chi connectivity index (χ3n) is 6.04. The molecule has 2 aliphatic carbocycles. The van der Waals surface area contributed by atoms with Crippen molar-refractivity contribution in [2.45, 2.75) is 6.92 Å². The van der Waals surface area contributed by atoms with Crippen molar-refractivity contribution >= 4 is 23.5 Å². The number of nitrogens with zero attached hydrogens (tertiary/aromatic N) is 2. The number of carbonyl (C=O) groups is 2. The summed E-state index contributed by atoms with van der Waals surface area (Å²) in [6.07, 6.45) is 7.98. The standard InChI is InChI=1S/C26H19N3O5/c1-14-9-11-15(12-10-14)29-25(33)19(24(32)28-26(29)34)13-27-20-8-4-7-18-21(20)23(31)17-6-3-2-5-16(17)22(18)30/h2-13,16-17,33H,1H3,(H,28,32,34)/t16-,17-/m1/s1. The van der Waals surface area contributed by atoms with Crippen LogP contribution in [0.5, 0.6) is 5.88 Å². The maximum Gasteiger partial charge on any atom is 0.335 e. The lowest BCUT2D eigenvalue weighted by atomic mass is 9.72. The summed E-state index contributed by atoms with van der Waals surface area (Å²) in [7, 11) is 0. The largest absolute Gasteiger partial charge is 0.493 e. The summed E-state index contributed by atoms with van der Waals surface area (Å²) in [4.78, 5) is 57.5. The van der Waals surface area contributed by atoms with E-state index < -0.39 is 29.0 Å². The van der Waals surface area contributed by atoms with Crippen molar-refractivity contribution in [3.63, 3.8) is 0 Å². The van der Waals surface area contributed by atoms with E-state index in [-0.39, 0.29) is 33.9 Å². The van der Waals surface area contributed by atoms with E-state index in [2.05, 4.69) is 9.98 Å². The molecule has 8 nitrogen and oxygen atoms in total. The SMILES string of the molecule is Cc1ccc(-n2c(O)c(C=Nc3cccc4c3C(=O)[C@@H]3C=CC=C[C@H]3C4=O)c(=O)[nH]c2=O)cc1. The van der Waals surface area contributed by atoms with Crippen LogP contribution in [0, 0.1) is 18.8 Å². The summed E-state index contributed by atoms with van der Waals surface area (Å²) >= 11 is 0. The van der Waals surface area contributed by atoms with Gasteiger partial charge in [-0.2, -0.15) is 0 Å². The van der Waals surface area contributed by atoms with E-state index >= 15 is 0 Å². The van der Waals surface area contributed by atoms with Crippen molar-refractivity contribution < 1.29 is 14.7 Å². The lowest BCUT2D eigenvalue weighted by molar-refractivity contribution is 0.0802. The first-order valence-electron chi connectivity index (χ1n) is 10.6. The highest BCUT2D eigenvalue weighted by Gasteiger charge is 2.40. The Balaban J connectivity index is 1.61. The summed E-state index contributed by atoms with van der Waals surface area (Å²) in [6, 6.07) is 11.6. The molecule has 0 fully saturated rings. The normalized spacial score (nSPS) is 18.9. The molecule has 8 heteroatoms. The van der Waals surface area contributed by atoms with Gasteiger partial charge < -0.3 is 5.11 Å². The van der Waals surface area contributed by atoms with Gasteiger partial charge in [-0.15, -0.1) is 0 Å². The number of aromatic hydroxyl groups is 1. The molecule has 2 atom stereocenters. The molecule has 0 saturated heterocycles. The fourth-order valence-electron chi connectivity index (χ4n) is 4.29. The Morgan fingerprint density at radius 2 is 1.62 bits per heavy atom. The maximum atomic E-state index is 13.2. The molecule has 3 aromatic rings. The molecule has 2 aromatic carbocycles. The number of nitrogens with one attached hydrogen (secondary N) is 1. The third-order valence-corrected chi connectivity index (χ3v) is 6.04. The molecule has 0 saturated carbocycles. The molecule has 0 radical (unpaired) electrons. The fourth-order valence-corrected chi connectivity index (χ4v) is 4.29. The van der Waals surface area contributed by atoms with Crippen molar-refractivity contribution in [2.75, 3.05) is 0 Å². The summed E-state index contributed by atoms with van der Waals surface area (Å²) < 4.78 is 0.959. The van der Waals surface area contributed by atoms with Crippen molar-refractivity contribution in [1.29, 1.82) is 0 Å². The molecule has 34 heavy (non-hydrogen) atoms. The Morgan fingerprint density at radius 1 is 0.941 bits per heavy atom. The monoisotopic (exact) mass is 453 g/mol. The van der Waals surface area contributed by atoms with Crippen molar-refractivity contribution in [3.8, 4) is 11.6 Å². The fraction of sp³-hybridized carbons (Fsp3) is 0.115. The van der Waals surface area contributed by atoms with E-state index in [0.717, 1.165) is 16.3 Å². The van der Waals surface area contributed by atoms with E-state index in [1.54, 1.807) is 66.8 Å². The molecule has 0 amide bonds. The first-order chi connectivity index (χ1) is 16.4. The quantitative estimate of drug-likeness (QED) is 0.591. The van der Waals surface area contributed by atoms with Gasteiger partial charge in [0.2, 0.25) is 5.88 Å². The molecule has 1 aromatic heterocycles. The summed E-state index contributed by atoms with van der Waals surface area (Å²) in [5.74, 6) is -2.16. The third kappa shape index (κ3) is 3.36. The van der Waals surface area contributed by atoms with Crippen LogP contribution < -0.4 is 11.2 Å². The van der Waals surface area contributed by atoms with Gasteiger partial charge in [0, 0.05) is 11.8 Å². The van der Waals surface area contributed by atoms with Crippen LogP contribution >= 0.6 is 0 Å². The second kappa shape index (κ2) is 8.08. The number of allylic oxidation sites excluding steroid dienone is 4. The van der Waals surface area contributed by atoms with Gasteiger partial charge in [-0.3, -0.25) is 24.4 Å². The lowest BCUT2D eigenvalue weighted by Crippen LogP contribution is -2.35. The maximum absolute atomic E-state index is 13.2. The number of hydrogen-bond acceptors (Lipinski definition) is 6. The van der Waals surface area contributed by atoms with E-state index in [0.29, 0.717) is 5.69 Å². The number of aryl methyl sites for hydroxylation is 1. The van der Waals surface area contributed by atoms with Crippen LogP contribution in [0.2, 0.25) is 0 Å². The Labute approximate surface area is 193 Å². The first-order valence-corrected chi connectivity index (χ1v) is 10.6. The Hall–Kier alpha value is -4.59. The van der Waals surface area contributed by atoms with Gasteiger partial charge >= 0.3 is 5.69 Å². The van der Waals surface area contributed by atoms with Crippen LogP contribution in [0.4, 0.5) is 5.69 Å². The van der Waals surface area contributed by atoms with Crippen molar-refractivity contribution in [1.82, 2.24) is 9.55 Å². The van der Waals surface area contributed by atoms with Crippen LogP contribution in [-0.4, -0.2) is 32.4 Å². The van der Waals surface area contributed by atoms with Crippen LogP contribution in [0.15, 0.2) is 81.4 Å². The van der Waals surface area contributed by atoms with Gasteiger partial charge in [0.15, 0.2) is 11.6 Å². The number of H-pyrrole nitrogens is 1. The molecule has 5 rings (SSSR count). The highest BCUT2D eigenvalue weighted by atomic mass is 16.3. The predicted octanol–water partition coefficient (Wildman–Crippen LogP) is 3.03. The minimum atomic E-state index is -0.831. The molecule has 0 bridgehead atoms. The zero-order valence-electron chi connectivity index (χ0n) is 18.1. The number of benzene rings is 2. The van der Waals surface area contributed by atoms with Gasteiger partial charge in [-0.1, -0.05) is 54.1 Å². The molecular formula is C26H19N3O5. The molecule has 2 N–H and O–H groups in total. The number of aromatic amines is 1. The van der Waals surface area contributed by atoms with Gasteiger partial charge in [-0.25, -0.2) is 9.36 Å². The van der Waals surface area contributed by atoms with Crippen LogP contribution in [0.3, 0.4) is 0 Å². The summed E-state index contributed by atoms with van der Waals surface area (Å²) in [5, 5.41) is 10.8. The minimum Gasteiger partial charge on any atom is -0.493 e. The first kappa shape index (κ1) is 21.3. The van der Waals surface area contributed by atoms with Crippen LogP contribution in [0.25, 0.3) is 5.69 Å². The van der Waals surface area contributed by atoms with E-state index in [1.807, 2.05) is 6.92 Å². The molecule has 168 valence electrons. The molecular weight excluding hydrogens is 434 g/mol. The summed E-state index contributed by atoms with van der Waals surface area (Å²) in [5.41, 5.74) is 0.0686. The second-order valence-corrected chi connectivity index (χ2v) is 8.18. The van der Waals surface area contributed by atoms with Crippen LogP contribution in [-0.2, 0) is 0 Å². The number of ketones is 2. The number of rotatable bonds is 3. The van der Waals surface area contributed by atoms with Gasteiger partial charge in [0.05, 0.1) is 28.8 Å². The van der Waals surface area contributed by atoms with E-state index in [1.165, 1.54) is 0 Å². The minimum absolute atomic E-state index is 0.174. The predicted molar refractivity (Wildman–Crippen MR) is 127 cm³/mol. The van der Waals surface area contributed by atoms with E-state index in [9.17, 15) is 24.3 Å². The van der Waals surface area contributed by atoms with Gasteiger partial charge in [0.1, 0.15) is 5.56 Å². The topological polar surface area (TPSA) is 122 Å². The van der Waals surface area contributed by atoms with Crippen molar-refractivity contribution in [2.24, 2.45) is 16.8 Å². The number of aliphatic imine (C=N–C) groups is 1. The highest BCUT2D eigenvalue weighted by Crippen LogP contribution is 2.38. The average Bonchev–Trinajstić information content (AvgIpc) is 2.83. The average molecular weight is 453 g/mol. The molecule has 0 spiro atoms. The van der Waals surface area contributed by atoms with Gasteiger partial charge in [-0.05, 0) is 25.1 Å². The van der Waals surface area contributed by atoms with E-state index in [4.69, 9.17) is 0 Å². The Kier molecular flexibility index (Phi) is 5.05. The second-order valence-electron chi connectivity index (χ2n) is 8.18. The van der Waals surface area contributed by atoms with Crippen LogP contribution in [0.1, 0.15) is 31.8 Å². The number of hydrogen-bond donors (Lipinski definition) is 2. The molecule has 0 aliphatic heterocycles. The van der Waals surface area contributed by atoms with Crippen molar-refractivity contribution in [3.05, 3.63) is 110 Å². The number of carbonyl (C=O) groups excluding carboxylic acids is 2. The highest BCUT2D eigenvalue weighted by molar-refractivity contribution is 6.19. The number of aromatic nitrogens is 2. The zero-order valence-corrected chi connectivity index (χ0v) is 18.1. The molecule has 2 aliphatic rings. The zero-order chi connectivity index (χ0) is 24.0. The number of fused-ring (bicyclic) bond motifs is 2. The summed E-state index contributed by atoms with van der Waals surface area (Å²) in [6.45, 7) is 1.88. The van der Waals surface area contributed by atoms with Gasteiger partial charge in [0.25, 0.3) is 5.56 Å². The molecule has 0 unspecified atom stereocenters. The molecule has 1 heterocycles. The Bertz CT molecular complexity index is 1550.